The number of halogens is 3. The van der Waals surface area contributed by atoms with Gasteiger partial charge in [-0.2, -0.15) is 13.2 Å². The summed E-state index contributed by atoms with van der Waals surface area (Å²) in [7, 11) is 0. The Balaban J connectivity index is 2.24. The van der Waals surface area contributed by atoms with Crippen molar-refractivity contribution in [1.29, 1.82) is 0 Å². The van der Waals surface area contributed by atoms with E-state index < -0.39 is 17.4 Å². The minimum atomic E-state index is -4.46. The minimum Gasteiger partial charge on any atom is -0.315 e. The second kappa shape index (κ2) is 5.65. The van der Waals surface area contributed by atoms with Gasteiger partial charge in [-0.25, -0.2) is 0 Å². The number of nitrogens with one attached hydrogen (secondary N) is 1. The van der Waals surface area contributed by atoms with Crippen LogP contribution in [0.25, 0.3) is 0 Å². The molecule has 1 saturated heterocycles. The fourth-order valence-electron chi connectivity index (χ4n) is 2.96. The van der Waals surface area contributed by atoms with Crippen LogP contribution in [0.15, 0.2) is 11.6 Å². The predicted octanol–water partition coefficient (Wildman–Crippen LogP) is 3.38. The summed E-state index contributed by atoms with van der Waals surface area (Å²) in [6, 6.07) is 0. The zero-order valence-electron chi connectivity index (χ0n) is 11.0. The van der Waals surface area contributed by atoms with Gasteiger partial charge in [0.2, 0.25) is 0 Å². The summed E-state index contributed by atoms with van der Waals surface area (Å²) < 4.78 is 39.9. The van der Waals surface area contributed by atoms with Crippen LogP contribution >= 0.6 is 0 Å². The lowest BCUT2D eigenvalue weighted by Gasteiger charge is -2.30. The van der Waals surface area contributed by atoms with Crippen molar-refractivity contribution in [3.8, 4) is 0 Å². The molecule has 1 aliphatic carbocycles. The molecule has 0 spiro atoms. The maximum absolute atomic E-state index is 13.3. The zero-order valence-corrected chi connectivity index (χ0v) is 11.0. The Bertz CT molecular complexity index is 367. The van der Waals surface area contributed by atoms with Crippen LogP contribution in [0.5, 0.6) is 0 Å². The normalized spacial score (nSPS) is 29.5. The molecule has 5 heteroatoms. The van der Waals surface area contributed by atoms with E-state index in [9.17, 15) is 18.0 Å². The van der Waals surface area contributed by atoms with Crippen LogP contribution in [0.4, 0.5) is 13.2 Å². The molecule has 0 bridgehead atoms. The van der Waals surface area contributed by atoms with Crippen molar-refractivity contribution < 1.29 is 18.0 Å². The molecule has 0 aromatic rings. The highest BCUT2D eigenvalue weighted by Gasteiger charge is 2.61. The average Bonchev–Trinajstić information content (AvgIpc) is 2.77. The summed E-state index contributed by atoms with van der Waals surface area (Å²) in [6.07, 6.45) is 2.26. The van der Waals surface area contributed by atoms with Crippen molar-refractivity contribution >= 4 is 5.78 Å². The van der Waals surface area contributed by atoms with Crippen molar-refractivity contribution in [2.75, 3.05) is 13.1 Å². The van der Waals surface area contributed by atoms with E-state index in [0.29, 0.717) is 12.0 Å². The Hall–Kier alpha value is -0.840. The second-order valence-corrected chi connectivity index (χ2v) is 5.52. The van der Waals surface area contributed by atoms with Crippen LogP contribution in [-0.4, -0.2) is 25.0 Å². The lowest BCUT2D eigenvalue weighted by atomic mass is 9.77. The van der Waals surface area contributed by atoms with Crippen LogP contribution in [0.1, 0.15) is 44.9 Å². The molecule has 0 amide bonds. The highest BCUT2D eigenvalue weighted by atomic mass is 19.4. The van der Waals surface area contributed by atoms with Gasteiger partial charge in [0, 0.05) is 6.54 Å². The highest BCUT2D eigenvalue weighted by molar-refractivity contribution is 6.01. The summed E-state index contributed by atoms with van der Waals surface area (Å²) in [5.41, 5.74) is -1.78. The summed E-state index contributed by atoms with van der Waals surface area (Å²) in [4.78, 5) is 12.4. The third-order valence-electron chi connectivity index (χ3n) is 4.22. The Morgan fingerprint density at radius 3 is 2.58 bits per heavy atom. The van der Waals surface area contributed by atoms with Crippen molar-refractivity contribution in [3.05, 3.63) is 11.6 Å². The van der Waals surface area contributed by atoms with Gasteiger partial charge in [-0.1, -0.05) is 18.9 Å². The molecule has 0 aromatic heterocycles. The van der Waals surface area contributed by atoms with Crippen LogP contribution in [0, 0.1) is 5.41 Å². The molecule has 2 nitrogen and oxygen atoms in total. The van der Waals surface area contributed by atoms with E-state index in [2.05, 4.69) is 5.32 Å². The van der Waals surface area contributed by atoms with Crippen LogP contribution < -0.4 is 5.32 Å². The molecular weight excluding hydrogens is 255 g/mol. The van der Waals surface area contributed by atoms with Gasteiger partial charge in [-0.3, -0.25) is 4.79 Å². The van der Waals surface area contributed by atoms with Gasteiger partial charge >= 0.3 is 6.18 Å². The number of rotatable bonds is 2. The molecule has 0 saturated carbocycles. The molecule has 1 aliphatic heterocycles. The standard InChI is InChI=1S/C14H20F3NO/c15-14(16,17)13(8-9-18-10-13)12(19)11-6-4-2-1-3-5-7-11/h6,18H,1-5,7-10H2. The molecule has 1 fully saturated rings. The van der Waals surface area contributed by atoms with Crippen molar-refractivity contribution in [3.63, 3.8) is 0 Å². The van der Waals surface area contributed by atoms with Gasteiger partial charge in [0.05, 0.1) is 0 Å². The number of carbonyl (C=O) groups is 1. The summed E-state index contributed by atoms with van der Waals surface area (Å²) in [6.45, 7) is -0.00873. The molecule has 1 N–H and O–H groups in total. The SMILES string of the molecule is O=C(C1=CCCCCCC1)C1(C(F)(F)F)CCNC1. The topological polar surface area (TPSA) is 29.1 Å². The van der Waals surface area contributed by atoms with Gasteiger partial charge in [0.15, 0.2) is 5.78 Å². The zero-order chi connectivity index (χ0) is 13.9. The third-order valence-corrected chi connectivity index (χ3v) is 4.22. The first-order chi connectivity index (χ1) is 8.97. The van der Waals surface area contributed by atoms with E-state index in [0.717, 1.165) is 32.1 Å². The molecule has 19 heavy (non-hydrogen) atoms. The van der Waals surface area contributed by atoms with Gasteiger partial charge in [0.1, 0.15) is 5.41 Å². The quantitative estimate of drug-likeness (QED) is 0.837. The van der Waals surface area contributed by atoms with Crippen molar-refractivity contribution in [2.45, 2.75) is 51.1 Å². The smallest absolute Gasteiger partial charge is 0.315 e. The predicted molar refractivity (Wildman–Crippen MR) is 66.8 cm³/mol. The number of Topliss-reactive ketones (excluding diaryl/α,β-unsaturated/α-hetero) is 1. The molecule has 108 valence electrons. The number of hydrogen-bond donors (Lipinski definition) is 1. The summed E-state index contributed by atoms with van der Waals surface area (Å²) in [5, 5.41) is 2.70. The highest BCUT2D eigenvalue weighted by Crippen LogP contribution is 2.45. The molecule has 1 heterocycles. The number of allylic oxidation sites excluding steroid dienone is 2. The van der Waals surface area contributed by atoms with Crippen LogP contribution in [-0.2, 0) is 4.79 Å². The second-order valence-electron chi connectivity index (χ2n) is 5.52. The molecule has 2 rings (SSSR count). The molecule has 1 atom stereocenters. The number of hydrogen-bond acceptors (Lipinski definition) is 2. The van der Waals surface area contributed by atoms with E-state index >= 15 is 0 Å². The van der Waals surface area contributed by atoms with E-state index in [4.69, 9.17) is 0 Å². The van der Waals surface area contributed by atoms with Crippen LogP contribution in [0.3, 0.4) is 0 Å². The first-order valence-corrected chi connectivity index (χ1v) is 6.99. The van der Waals surface area contributed by atoms with Crippen molar-refractivity contribution in [2.24, 2.45) is 5.41 Å². The van der Waals surface area contributed by atoms with Gasteiger partial charge in [-0.05, 0) is 44.2 Å². The largest absolute Gasteiger partial charge is 0.402 e. The Morgan fingerprint density at radius 2 is 1.95 bits per heavy atom. The molecule has 0 aromatic carbocycles. The Labute approximate surface area is 111 Å². The van der Waals surface area contributed by atoms with Gasteiger partial charge < -0.3 is 5.32 Å². The maximum atomic E-state index is 13.3. The maximum Gasteiger partial charge on any atom is 0.402 e. The fourth-order valence-corrected chi connectivity index (χ4v) is 2.96. The molecule has 1 unspecified atom stereocenters. The monoisotopic (exact) mass is 275 g/mol. The van der Waals surface area contributed by atoms with Gasteiger partial charge in [-0.15, -0.1) is 0 Å². The van der Waals surface area contributed by atoms with Gasteiger partial charge in [0.25, 0.3) is 0 Å². The lowest BCUT2D eigenvalue weighted by molar-refractivity contribution is -0.212. The minimum absolute atomic E-state index is 0.132. The third kappa shape index (κ3) is 2.86. The van der Waals surface area contributed by atoms with E-state index in [1.54, 1.807) is 6.08 Å². The Morgan fingerprint density at radius 1 is 1.21 bits per heavy atom. The van der Waals surface area contributed by atoms with Crippen LogP contribution in [0.2, 0.25) is 0 Å². The van der Waals surface area contributed by atoms with Crippen molar-refractivity contribution in [1.82, 2.24) is 5.32 Å². The fraction of sp³-hybridized carbons (Fsp3) is 0.786. The summed E-state index contributed by atoms with van der Waals surface area (Å²) >= 11 is 0. The average molecular weight is 275 g/mol. The Kier molecular flexibility index (Phi) is 4.33. The number of alkyl halides is 3. The molecular formula is C14H20F3NO. The first-order valence-electron chi connectivity index (χ1n) is 6.99. The lowest BCUT2D eigenvalue weighted by Crippen LogP contribution is -2.47. The first kappa shape index (κ1) is 14.6. The number of ketones is 1. The van der Waals surface area contributed by atoms with E-state index in [1.165, 1.54) is 0 Å². The molecule has 2 aliphatic rings. The van der Waals surface area contributed by atoms with E-state index in [1.807, 2.05) is 0 Å². The van der Waals surface area contributed by atoms with E-state index in [-0.39, 0.29) is 19.5 Å². The number of carbonyl (C=O) groups excluding carboxylic acids is 1. The summed E-state index contributed by atoms with van der Waals surface area (Å²) in [5.74, 6) is -0.688. The molecule has 0 radical (unpaired) electrons.